The van der Waals surface area contributed by atoms with E-state index in [1.165, 1.54) is 0 Å². The van der Waals surface area contributed by atoms with Gasteiger partial charge in [0, 0.05) is 35.6 Å². The van der Waals surface area contributed by atoms with Crippen molar-refractivity contribution in [1.29, 1.82) is 0 Å². The Labute approximate surface area is 149 Å². The summed E-state index contributed by atoms with van der Waals surface area (Å²) in [6.45, 7) is 1.96. The van der Waals surface area contributed by atoms with Crippen molar-refractivity contribution in [2.75, 3.05) is 18.4 Å². The van der Waals surface area contributed by atoms with Crippen molar-refractivity contribution in [1.82, 2.24) is 20.1 Å². The maximum absolute atomic E-state index is 12.4. The van der Waals surface area contributed by atoms with Crippen LogP contribution in [0.25, 0.3) is 10.6 Å². The van der Waals surface area contributed by atoms with Gasteiger partial charge < -0.3 is 10.6 Å². The summed E-state index contributed by atoms with van der Waals surface area (Å²) in [7, 11) is 0. The molecule has 2 aromatic heterocycles. The van der Waals surface area contributed by atoms with Crippen LogP contribution in [-0.4, -0.2) is 33.8 Å². The van der Waals surface area contributed by atoms with Crippen LogP contribution in [0, 0.1) is 0 Å². The molecule has 1 aliphatic heterocycles. The van der Waals surface area contributed by atoms with Crippen molar-refractivity contribution in [2.24, 2.45) is 0 Å². The van der Waals surface area contributed by atoms with E-state index in [4.69, 9.17) is 0 Å². The molecule has 1 amide bonds. The van der Waals surface area contributed by atoms with Crippen molar-refractivity contribution >= 4 is 22.9 Å². The monoisotopic (exact) mass is 353 g/mol. The van der Waals surface area contributed by atoms with Crippen molar-refractivity contribution in [3.05, 3.63) is 53.8 Å². The second-order valence-corrected chi connectivity index (χ2v) is 6.94. The van der Waals surface area contributed by atoms with E-state index < -0.39 is 0 Å². The van der Waals surface area contributed by atoms with Crippen molar-refractivity contribution in [3.63, 3.8) is 0 Å². The molecule has 1 aliphatic rings. The minimum Gasteiger partial charge on any atom is -0.321 e. The molecule has 0 radical (unpaired) electrons. The number of piperidine rings is 1. The summed E-state index contributed by atoms with van der Waals surface area (Å²) in [5, 5.41) is 13.6. The second-order valence-electron chi connectivity index (χ2n) is 6.05. The Morgan fingerprint density at radius 2 is 2.16 bits per heavy atom. The summed E-state index contributed by atoms with van der Waals surface area (Å²) in [5.41, 5.74) is 2.23. The van der Waals surface area contributed by atoms with Gasteiger partial charge in [0.2, 0.25) is 0 Å². The van der Waals surface area contributed by atoms with Gasteiger partial charge in [-0.2, -0.15) is 5.10 Å². The Morgan fingerprint density at radius 3 is 2.88 bits per heavy atom. The lowest BCUT2D eigenvalue weighted by Gasteiger charge is -2.22. The van der Waals surface area contributed by atoms with Crippen LogP contribution in [-0.2, 0) is 0 Å². The molecule has 0 saturated carbocycles. The number of anilines is 1. The summed E-state index contributed by atoms with van der Waals surface area (Å²) in [6, 6.07) is 9.79. The van der Waals surface area contributed by atoms with Gasteiger partial charge in [0.1, 0.15) is 5.01 Å². The van der Waals surface area contributed by atoms with E-state index in [0.717, 1.165) is 42.2 Å². The summed E-state index contributed by atoms with van der Waals surface area (Å²) >= 11 is 1.59. The van der Waals surface area contributed by atoms with E-state index in [0.29, 0.717) is 11.7 Å². The van der Waals surface area contributed by atoms with E-state index in [9.17, 15) is 4.79 Å². The van der Waals surface area contributed by atoms with Crippen LogP contribution < -0.4 is 10.6 Å². The van der Waals surface area contributed by atoms with Gasteiger partial charge in [-0.25, -0.2) is 4.98 Å². The predicted octanol–water partition coefficient (Wildman–Crippen LogP) is 3.18. The van der Waals surface area contributed by atoms with Crippen LogP contribution >= 0.6 is 11.3 Å². The number of carbonyl (C=O) groups excluding carboxylic acids is 1. The third kappa shape index (κ3) is 3.62. The number of hydrogen-bond acceptors (Lipinski definition) is 5. The zero-order valence-corrected chi connectivity index (χ0v) is 14.5. The van der Waals surface area contributed by atoms with Gasteiger partial charge in [0.05, 0.1) is 6.04 Å². The zero-order valence-electron chi connectivity index (χ0n) is 13.7. The first-order valence-electron chi connectivity index (χ1n) is 8.37. The molecule has 1 atom stereocenters. The molecule has 0 bridgehead atoms. The smallest absolute Gasteiger partial charge is 0.276 e. The van der Waals surface area contributed by atoms with E-state index in [-0.39, 0.29) is 5.91 Å². The average Bonchev–Trinajstić information content (AvgIpc) is 3.35. The summed E-state index contributed by atoms with van der Waals surface area (Å²) in [6.07, 6.45) is 5.90. The SMILES string of the molecule is O=C(Nc1ccc(-c2nccs2)cc1)c1ccn(C2CCCNC2)n1. The van der Waals surface area contributed by atoms with Crippen LogP contribution in [0.2, 0.25) is 0 Å². The first-order valence-corrected chi connectivity index (χ1v) is 9.25. The molecule has 1 aromatic carbocycles. The lowest BCUT2D eigenvalue weighted by atomic mass is 10.1. The zero-order chi connectivity index (χ0) is 17.1. The quantitative estimate of drug-likeness (QED) is 0.756. The highest BCUT2D eigenvalue weighted by Gasteiger charge is 2.17. The molecule has 0 spiro atoms. The fraction of sp³-hybridized carbons (Fsp3) is 0.278. The largest absolute Gasteiger partial charge is 0.321 e. The first-order chi connectivity index (χ1) is 12.3. The van der Waals surface area contributed by atoms with Crippen molar-refractivity contribution < 1.29 is 4.79 Å². The number of carbonyl (C=O) groups is 1. The number of rotatable bonds is 4. The molecule has 1 saturated heterocycles. The van der Waals surface area contributed by atoms with Gasteiger partial charge in [-0.05, 0) is 49.7 Å². The summed E-state index contributed by atoms with van der Waals surface area (Å²) in [4.78, 5) is 16.7. The van der Waals surface area contributed by atoms with Gasteiger partial charge >= 0.3 is 0 Å². The van der Waals surface area contributed by atoms with Gasteiger partial charge in [-0.1, -0.05) is 0 Å². The Balaban J connectivity index is 1.42. The Bertz CT molecular complexity index is 835. The molecule has 1 unspecified atom stereocenters. The standard InChI is InChI=1S/C18H19N5OS/c24-17(16-7-10-23(22-16)15-2-1-8-19-12-15)21-14-5-3-13(4-6-14)18-20-9-11-25-18/h3-7,9-11,15,19H,1-2,8,12H2,(H,21,24). The van der Waals surface area contributed by atoms with E-state index in [1.54, 1.807) is 23.6 Å². The molecule has 7 heteroatoms. The highest BCUT2D eigenvalue weighted by atomic mass is 32.1. The number of nitrogens with one attached hydrogen (secondary N) is 2. The molecule has 3 aromatic rings. The number of benzene rings is 1. The Morgan fingerprint density at radius 1 is 1.28 bits per heavy atom. The number of hydrogen-bond donors (Lipinski definition) is 2. The highest BCUT2D eigenvalue weighted by Crippen LogP contribution is 2.23. The maximum Gasteiger partial charge on any atom is 0.276 e. The summed E-state index contributed by atoms with van der Waals surface area (Å²) < 4.78 is 1.90. The molecule has 4 rings (SSSR count). The third-order valence-electron chi connectivity index (χ3n) is 4.31. The second kappa shape index (κ2) is 7.16. The fourth-order valence-electron chi connectivity index (χ4n) is 2.98. The van der Waals surface area contributed by atoms with Crippen molar-refractivity contribution in [2.45, 2.75) is 18.9 Å². The van der Waals surface area contributed by atoms with E-state index in [1.807, 2.05) is 40.5 Å². The molecule has 25 heavy (non-hydrogen) atoms. The topological polar surface area (TPSA) is 71.8 Å². The van der Waals surface area contributed by atoms with Gasteiger partial charge in [-0.15, -0.1) is 11.3 Å². The van der Waals surface area contributed by atoms with Crippen LogP contribution in [0.5, 0.6) is 0 Å². The molecular weight excluding hydrogens is 334 g/mol. The maximum atomic E-state index is 12.4. The lowest BCUT2D eigenvalue weighted by molar-refractivity contribution is 0.102. The van der Waals surface area contributed by atoms with Crippen LogP contribution in [0.3, 0.4) is 0 Å². The van der Waals surface area contributed by atoms with Gasteiger partial charge in [0.15, 0.2) is 5.69 Å². The molecule has 2 N–H and O–H groups in total. The highest BCUT2D eigenvalue weighted by molar-refractivity contribution is 7.13. The molecule has 0 aliphatic carbocycles. The average molecular weight is 353 g/mol. The normalized spacial score (nSPS) is 17.4. The van der Waals surface area contributed by atoms with Gasteiger partial charge in [-0.3, -0.25) is 9.48 Å². The number of nitrogens with zero attached hydrogens (tertiary/aromatic N) is 3. The minimum absolute atomic E-state index is 0.190. The van der Waals surface area contributed by atoms with Crippen LogP contribution in [0.1, 0.15) is 29.4 Å². The van der Waals surface area contributed by atoms with Gasteiger partial charge in [0.25, 0.3) is 5.91 Å². The molecular formula is C18H19N5OS. The Kier molecular flexibility index (Phi) is 4.58. The van der Waals surface area contributed by atoms with E-state index in [2.05, 4.69) is 20.7 Å². The van der Waals surface area contributed by atoms with Crippen molar-refractivity contribution in [3.8, 4) is 10.6 Å². The van der Waals surface area contributed by atoms with Crippen LogP contribution in [0.4, 0.5) is 5.69 Å². The number of aromatic nitrogens is 3. The van der Waals surface area contributed by atoms with Crippen LogP contribution in [0.15, 0.2) is 48.1 Å². The Hall–Kier alpha value is -2.51. The molecule has 128 valence electrons. The lowest BCUT2D eigenvalue weighted by Crippen LogP contribution is -2.32. The molecule has 1 fully saturated rings. The first kappa shape index (κ1) is 16.0. The van der Waals surface area contributed by atoms with E-state index >= 15 is 0 Å². The summed E-state index contributed by atoms with van der Waals surface area (Å²) in [5.74, 6) is -0.190. The minimum atomic E-state index is -0.190. The fourth-order valence-corrected chi connectivity index (χ4v) is 3.62. The number of thiazole rings is 1. The molecule has 3 heterocycles. The number of amides is 1. The predicted molar refractivity (Wildman–Crippen MR) is 98.9 cm³/mol. The third-order valence-corrected chi connectivity index (χ3v) is 5.13. The molecule has 6 nitrogen and oxygen atoms in total.